The maximum atomic E-state index is 3.73. The van der Waals surface area contributed by atoms with Crippen molar-refractivity contribution in [2.24, 2.45) is 0 Å². The lowest BCUT2D eigenvalue weighted by molar-refractivity contribution is 0.640. The van der Waals surface area contributed by atoms with Crippen molar-refractivity contribution in [1.82, 2.24) is 0 Å². The van der Waals surface area contributed by atoms with E-state index in [4.69, 9.17) is 0 Å². The van der Waals surface area contributed by atoms with Crippen molar-refractivity contribution in [1.29, 1.82) is 0 Å². The highest BCUT2D eigenvalue weighted by Gasteiger charge is 2.02. The highest BCUT2D eigenvalue weighted by atomic mass is 14.1. The van der Waals surface area contributed by atoms with Crippen molar-refractivity contribution in [3.8, 4) is 0 Å². The molecule has 1 rings (SSSR count). The summed E-state index contributed by atoms with van der Waals surface area (Å²) in [5, 5.41) is 0. The molecule has 0 saturated carbocycles. The van der Waals surface area contributed by atoms with Crippen LogP contribution in [0.25, 0.3) is 0 Å². The molecule has 1 unspecified atom stereocenters. The number of benzene rings is 1. The first kappa shape index (κ1) is 10.0. The molecule has 13 heavy (non-hydrogen) atoms. The highest BCUT2D eigenvalue weighted by Crippen LogP contribution is 2.20. The summed E-state index contributed by atoms with van der Waals surface area (Å²) in [6.45, 7) is 6.02. The van der Waals surface area contributed by atoms with Gasteiger partial charge in [0.1, 0.15) is 0 Å². The van der Waals surface area contributed by atoms with Crippen LogP contribution in [-0.2, 0) is 0 Å². The second-order valence-corrected chi connectivity index (χ2v) is 3.53. The van der Waals surface area contributed by atoms with Gasteiger partial charge in [0.15, 0.2) is 0 Å². The SMILES string of the molecule is C=CCCCC(C)c1ccccc1. The number of hydrogen-bond donors (Lipinski definition) is 0. The van der Waals surface area contributed by atoms with E-state index < -0.39 is 0 Å². The maximum Gasteiger partial charge on any atom is -0.0190 e. The van der Waals surface area contributed by atoms with Gasteiger partial charge in [-0.05, 0) is 30.7 Å². The zero-order chi connectivity index (χ0) is 9.52. The molecule has 0 bridgehead atoms. The molecule has 1 aromatic carbocycles. The first-order valence-corrected chi connectivity index (χ1v) is 5.00. The van der Waals surface area contributed by atoms with E-state index >= 15 is 0 Å². The average molecular weight is 174 g/mol. The van der Waals surface area contributed by atoms with Crippen LogP contribution >= 0.6 is 0 Å². The monoisotopic (exact) mass is 174 g/mol. The van der Waals surface area contributed by atoms with E-state index in [9.17, 15) is 0 Å². The predicted octanol–water partition coefficient (Wildman–Crippen LogP) is 4.15. The molecule has 1 atom stereocenters. The minimum atomic E-state index is 0.682. The summed E-state index contributed by atoms with van der Waals surface area (Å²) in [4.78, 5) is 0. The van der Waals surface area contributed by atoms with Gasteiger partial charge in [0, 0.05) is 0 Å². The Labute approximate surface area is 81.3 Å². The molecule has 0 fully saturated rings. The predicted molar refractivity (Wildman–Crippen MR) is 58.9 cm³/mol. The maximum absolute atomic E-state index is 3.73. The third-order valence-corrected chi connectivity index (χ3v) is 2.41. The molecule has 70 valence electrons. The molecule has 0 heteroatoms. The molecule has 0 saturated heterocycles. The standard InChI is InChI=1S/C13H18/c1-3-4-6-9-12(2)13-10-7-5-8-11-13/h3,5,7-8,10-12H,1,4,6,9H2,2H3. The summed E-state index contributed by atoms with van der Waals surface area (Å²) in [6, 6.07) is 10.7. The van der Waals surface area contributed by atoms with Gasteiger partial charge in [-0.2, -0.15) is 0 Å². The van der Waals surface area contributed by atoms with Crippen molar-refractivity contribution in [2.75, 3.05) is 0 Å². The van der Waals surface area contributed by atoms with Crippen LogP contribution in [0.1, 0.15) is 37.7 Å². The van der Waals surface area contributed by atoms with Crippen molar-refractivity contribution in [3.63, 3.8) is 0 Å². The van der Waals surface area contributed by atoms with Gasteiger partial charge in [-0.3, -0.25) is 0 Å². The zero-order valence-electron chi connectivity index (χ0n) is 8.37. The van der Waals surface area contributed by atoms with E-state index in [0.717, 1.165) is 6.42 Å². The van der Waals surface area contributed by atoms with Gasteiger partial charge in [0.25, 0.3) is 0 Å². The Balaban J connectivity index is 2.39. The van der Waals surface area contributed by atoms with Gasteiger partial charge in [0.05, 0.1) is 0 Å². The minimum absolute atomic E-state index is 0.682. The van der Waals surface area contributed by atoms with Gasteiger partial charge >= 0.3 is 0 Å². The normalized spacial score (nSPS) is 12.4. The van der Waals surface area contributed by atoms with Gasteiger partial charge in [-0.15, -0.1) is 6.58 Å². The van der Waals surface area contributed by atoms with Crippen molar-refractivity contribution in [3.05, 3.63) is 48.6 Å². The molecular weight excluding hydrogens is 156 g/mol. The molecule has 0 nitrogen and oxygen atoms in total. The van der Waals surface area contributed by atoms with Crippen molar-refractivity contribution >= 4 is 0 Å². The third kappa shape index (κ3) is 3.45. The van der Waals surface area contributed by atoms with E-state index in [1.165, 1.54) is 18.4 Å². The molecule has 1 aromatic rings. The van der Waals surface area contributed by atoms with Gasteiger partial charge in [-0.25, -0.2) is 0 Å². The lowest BCUT2D eigenvalue weighted by Crippen LogP contribution is -1.92. The number of hydrogen-bond acceptors (Lipinski definition) is 0. The van der Waals surface area contributed by atoms with Crippen LogP contribution in [0.2, 0.25) is 0 Å². The summed E-state index contributed by atoms with van der Waals surface area (Å²) in [5.74, 6) is 0.682. The van der Waals surface area contributed by atoms with Crippen LogP contribution in [-0.4, -0.2) is 0 Å². The van der Waals surface area contributed by atoms with Gasteiger partial charge < -0.3 is 0 Å². The van der Waals surface area contributed by atoms with Crippen LogP contribution in [0.4, 0.5) is 0 Å². The van der Waals surface area contributed by atoms with E-state index in [1.54, 1.807) is 0 Å². The smallest absolute Gasteiger partial charge is 0.0190 e. The summed E-state index contributed by atoms with van der Waals surface area (Å²) in [5.41, 5.74) is 1.45. The molecule has 0 aromatic heterocycles. The summed E-state index contributed by atoms with van der Waals surface area (Å²) in [6.07, 6.45) is 5.64. The Bertz CT molecular complexity index is 235. The molecule has 0 heterocycles. The van der Waals surface area contributed by atoms with Gasteiger partial charge in [-0.1, -0.05) is 43.3 Å². The Morgan fingerprint density at radius 3 is 2.62 bits per heavy atom. The molecule has 0 aliphatic carbocycles. The van der Waals surface area contributed by atoms with Crippen LogP contribution in [0.15, 0.2) is 43.0 Å². The van der Waals surface area contributed by atoms with E-state index in [-0.39, 0.29) is 0 Å². The Kier molecular flexibility index (Phi) is 4.31. The average Bonchev–Trinajstić information content (AvgIpc) is 2.19. The first-order valence-electron chi connectivity index (χ1n) is 5.00. The summed E-state index contributed by atoms with van der Waals surface area (Å²) in [7, 11) is 0. The molecule has 0 N–H and O–H groups in total. The minimum Gasteiger partial charge on any atom is -0.103 e. The van der Waals surface area contributed by atoms with E-state index in [1.807, 2.05) is 6.08 Å². The fraction of sp³-hybridized carbons (Fsp3) is 0.385. The third-order valence-electron chi connectivity index (χ3n) is 2.41. The summed E-state index contributed by atoms with van der Waals surface area (Å²) >= 11 is 0. The molecule has 0 radical (unpaired) electrons. The lowest BCUT2D eigenvalue weighted by Gasteiger charge is -2.10. The lowest BCUT2D eigenvalue weighted by atomic mass is 9.96. The molecule has 0 aliphatic rings. The highest BCUT2D eigenvalue weighted by molar-refractivity contribution is 5.18. The molecule has 0 spiro atoms. The number of unbranched alkanes of at least 4 members (excludes halogenated alkanes) is 1. The van der Waals surface area contributed by atoms with Gasteiger partial charge in [0.2, 0.25) is 0 Å². The zero-order valence-corrected chi connectivity index (χ0v) is 8.37. The quantitative estimate of drug-likeness (QED) is 0.464. The van der Waals surface area contributed by atoms with Crippen molar-refractivity contribution < 1.29 is 0 Å². The van der Waals surface area contributed by atoms with Crippen LogP contribution in [0.3, 0.4) is 0 Å². The van der Waals surface area contributed by atoms with Crippen LogP contribution in [0, 0.1) is 0 Å². The van der Waals surface area contributed by atoms with E-state index in [0.29, 0.717) is 5.92 Å². The van der Waals surface area contributed by atoms with E-state index in [2.05, 4.69) is 43.8 Å². The largest absolute Gasteiger partial charge is 0.103 e. The number of rotatable bonds is 5. The second kappa shape index (κ2) is 5.58. The fourth-order valence-corrected chi connectivity index (χ4v) is 1.52. The van der Waals surface area contributed by atoms with Crippen LogP contribution in [0.5, 0.6) is 0 Å². The molecular formula is C13H18. The Morgan fingerprint density at radius 2 is 2.00 bits per heavy atom. The molecule has 0 amide bonds. The summed E-state index contributed by atoms with van der Waals surface area (Å²) < 4.78 is 0. The van der Waals surface area contributed by atoms with Crippen LogP contribution < -0.4 is 0 Å². The topological polar surface area (TPSA) is 0 Å². The molecule has 0 aliphatic heterocycles. The second-order valence-electron chi connectivity index (χ2n) is 3.53. The Morgan fingerprint density at radius 1 is 1.31 bits per heavy atom. The first-order chi connectivity index (χ1) is 6.34. The fourth-order valence-electron chi connectivity index (χ4n) is 1.52. The van der Waals surface area contributed by atoms with Crippen molar-refractivity contribution in [2.45, 2.75) is 32.1 Å². The number of allylic oxidation sites excluding steroid dienone is 1. The Hall–Kier alpha value is -1.04.